The minimum absolute atomic E-state index is 0.0986. The molecular formula is C21H21N3O. The van der Waals surface area contributed by atoms with Crippen molar-refractivity contribution in [2.24, 2.45) is 7.05 Å². The molecule has 0 aliphatic carbocycles. The first-order valence-electron chi connectivity index (χ1n) is 8.55. The molecule has 4 nitrogen and oxygen atoms in total. The summed E-state index contributed by atoms with van der Waals surface area (Å²) in [5.41, 5.74) is 5.46. The molecule has 1 atom stereocenters. The molecule has 1 unspecified atom stereocenters. The maximum absolute atomic E-state index is 13.1. The van der Waals surface area contributed by atoms with Crippen LogP contribution in [0.15, 0.2) is 60.9 Å². The van der Waals surface area contributed by atoms with Gasteiger partial charge in [0.25, 0.3) is 5.91 Å². The zero-order valence-electron chi connectivity index (χ0n) is 14.5. The third-order valence-electron chi connectivity index (χ3n) is 4.98. The lowest BCUT2D eigenvalue weighted by molar-refractivity contribution is 0.0724. The molecule has 25 heavy (non-hydrogen) atoms. The Morgan fingerprint density at radius 2 is 1.88 bits per heavy atom. The van der Waals surface area contributed by atoms with Crippen LogP contribution < -0.4 is 0 Å². The first kappa shape index (κ1) is 15.6. The van der Waals surface area contributed by atoms with Gasteiger partial charge in [0.2, 0.25) is 0 Å². The predicted octanol–water partition coefficient (Wildman–Crippen LogP) is 3.52. The summed E-state index contributed by atoms with van der Waals surface area (Å²) in [6.45, 7) is 3.32. The summed E-state index contributed by atoms with van der Waals surface area (Å²) in [6.07, 6.45) is 3.95. The van der Waals surface area contributed by atoms with E-state index in [1.165, 1.54) is 11.1 Å². The average molecular weight is 331 g/mol. The summed E-state index contributed by atoms with van der Waals surface area (Å²) in [6, 6.07) is 16.2. The van der Waals surface area contributed by atoms with Crippen LogP contribution in [0.1, 0.15) is 38.5 Å². The van der Waals surface area contributed by atoms with Gasteiger partial charge in [-0.3, -0.25) is 9.48 Å². The van der Waals surface area contributed by atoms with Crippen molar-refractivity contribution in [2.75, 3.05) is 6.54 Å². The van der Waals surface area contributed by atoms with Gasteiger partial charge in [0, 0.05) is 37.8 Å². The first-order valence-corrected chi connectivity index (χ1v) is 8.55. The normalized spacial score (nSPS) is 16.6. The summed E-state index contributed by atoms with van der Waals surface area (Å²) in [4.78, 5) is 15.1. The van der Waals surface area contributed by atoms with Gasteiger partial charge in [-0.05, 0) is 35.2 Å². The quantitative estimate of drug-likeness (QED) is 0.721. The van der Waals surface area contributed by atoms with Gasteiger partial charge in [-0.25, -0.2) is 0 Å². The summed E-state index contributed by atoms with van der Waals surface area (Å²) < 4.78 is 1.82. The van der Waals surface area contributed by atoms with Crippen molar-refractivity contribution in [3.05, 3.63) is 88.7 Å². The van der Waals surface area contributed by atoms with Crippen LogP contribution >= 0.6 is 0 Å². The summed E-state index contributed by atoms with van der Waals surface area (Å²) in [5.74, 6) is 0.258. The molecule has 0 bridgehead atoms. The third-order valence-corrected chi connectivity index (χ3v) is 4.98. The molecule has 0 saturated carbocycles. The zero-order valence-corrected chi connectivity index (χ0v) is 14.5. The van der Waals surface area contributed by atoms with Crippen molar-refractivity contribution in [2.45, 2.75) is 19.4 Å². The molecule has 0 N–H and O–H groups in total. The molecule has 4 rings (SSSR count). The Morgan fingerprint density at radius 3 is 2.64 bits per heavy atom. The van der Waals surface area contributed by atoms with Gasteiger partial charge in [-0.15, -0.1) is 0 Å². The highest BCUT2D eigenvalue weighted by molar-refractivity contribution is 5.95. The molecule has 0 fully saturated rings. The van der Waals surface area contributed by atoms with Gasteiger partial charge in [-0.2, -0.15) is 5.10 Å². The van der Waals surface area contributed by atoms with E-state index in [4.69, 9.17) is 0 Å². The number of hydrogen-bond acceptors (Lipinski definition) is 2. The number of hydrogen-bond donors (Lipinski definition) is 0. The maximum Gasteiger partial charge on any atom is 0.254 e. The van der Waals surface area contributed by atoms with Crippen molar-refractivity contribution in [3.8, 4) is 0 Å². The number of nitrogens with zero attached hydrogens (tertiary/aromatic N) is 3. The zero-order chi connectivity index (χ0) is 17.4. The van der Waals surface area contributed by atoms with Crippen molar-refractivity contribution in [1.29, 1.82) is 0 Å². The van der Waals surface area contributed by atoms with Crippen LogP contribution in [0.3, 0.4) is 0 Å². The number of aryl methyl sites for hydroxylation is 2. The van der Waals surface area contributed by atoms with Gasteiger partial charge >= 0.3 is 0 Å². The lowest BCUT2D eigenvalue weighted by Gasteiger charge is -2.34. The Bertz CT molecular complexity index is 928. The van der Waals surface area contributed by atoms with E-state index in [1.807, 2.05) is 66.3 Å². The van der Waals surface area contributed by atoms with E-state index in [1.54, 1.807) is 0 Å². The lowest BCUT2D eigenvalue weighted by Crippen LogP contribution is -2.38. The Hall–Kier alpha value is -2.88. The second kappa shape index (κ2) is 6.20. The van der Waals surface area contributed by atoms with Gasteiger partial charge in [0.15, 0.2) is 0 Å². The first-order chi connectivity index (χ1) is 12.1. The average Bonchev–Trinajstić information content (AvgIpc) is 3.07. The molecule has 126 valence electrons. The van der Waals surface area contributed by atoms with Crippen LogP contribution in [-0.4, -0.2) is 27.1 Å². The van der Waals surface area contributed by atoms with Gasteiger partial charge in [0.05, 0.1) is 6.20 Å². The Labute approximate surface area is 147 Å². The number of rotatable bonds is 2. The molecule has 0 spiro atoms. The highest BCUT2D eigenvalue weighted by Gasteiger charge is 2.30. The van der Waals surface area contributed by atoms with E-state index in [0.29, 0.717) is 13.1 Å². The molecule has 1 aromatic heterocycles. The number of carbonyl (C=O) groups excluding carboxylic acids is 1. The minimum atomic E-state index is 0.0986. The molecule has 0 saturated heterocycles. The van der Waals surface area contributed by atoms with Gasteiger partial charge in [0.1, 0.15) is 0 Å². The second-order valence-corrected chi connectivity index (χ2v) is 6.70. The lowest BCUT2D eigenvalue weighted by atomic mass is 9.85. The summed E-state index contributed by atoms with van der Waals surface area (Å²) in [5, 5.41) is 4.32. The molecular weight excluding hydrogens is 310 g/mol. The van der Waals surface area contributed by atoms with Crippen molar-refractivity contribution in [3.63, 3.8) is 0 Å². The Kier molecular flexibility index (Phi) is 3.88. The van der Waals surface area contributed by atoms with Crippen LogP contribution in [0.25, 0.3) is 0 Å². The highest BCUT2D eigenvalue weighted by atomic mass is 16.2. The van der Waals surface area contributed by atoms with E-state index < -0.39 is 0 Å². The predicted molar refractivity (Wildman–Crippen MR) is 97.4 cm³/mol. The summed E-state index contributed by atoms with van der Waals surface area (Å²) >= 11 is 0. The monoisotopic (exact) mass is 331 g/mol. The van der Waals surface area contributed by atoms with Crippen LogP contribution in [0, 0.1) is 6.92 Å². The SMILES string of the molecule is Cc1ccccc1C(=O)N1Cc2ccccc2C(c2cnn(C)c2)C1. The number of aromatic nitrogens is 2. The fraction of sp³-hybridized carbons (Fsp3) is 0.238. The van der Waals surface area contributed by atoms with E-state index >= 15 is 0 Å². The standard InChI is InChI=1S/C21H21N3O/c1-15-7-3-5-9-18(15)21(25)24-13-16-8-4-6-10-19(16)20(14-24)17-11-22-23(2)12-17/h3-12,20H,13-14H2,1-2H3. The summed E-state index contributed by atoms with van der Waals surface area (Å²) in [7, 11) is 1.93. The van der Waals surface area contributed by atoms with Gasteiger partial charge in [-0.1, -0.05) is 42.5 Å². The molecule has 2 aromatic carbocycles. The number of benzene rings is 2. The number of carbonyl (C=O) groups is 1. The fourth-order valence-corrected chi connectivity index (χ4v) is 3.65. The topological polar surface area (TPSA) is 38.1 Å². The van der Waals surface area contributed by atoms with E-state index in [2.05, 4.69) is 23.3 Å². The number of amides is 1. The molecule has 1 aliphatic heterocycles. The van der Waals surface area contributed by atoms with Crippen molar-refractivity contribution < 1.29 is 4.79 Å². The second-order valence-electron chi connectivity index (χ2n) is 6.70. The molecule has 0 radical (unpaired) electrons. The highest BCUT2D eigenvalue weighted by Crippen LogP contribution is 2.34. The van der Waals surface area contributed by atoms with E-state index in [0.717, 1.165) is 16.7 Å². The van der Waals surface area contributed by atoms with Crippen LogP contribution in [-0.2, 0) is 13.6 Å². The van der Waals surface area contributed by atoms with Crippen LogP contribution in [0.5, 0.6) is 0 Å². The van der Waals surface area contributed by atoms with Crippen molar-refractivity contribution >= 4 is 5.91 Å². The Balaban J connectivity index is 1.73. The minimum Gasteiger partial charge on any atom is -0.333 e. The van der Waals surface area contributed by atoms with Crippen LogP contribution in [0.4, 0.5) is 0 Å². The third kappa shape index (κ3) is 2.84. The van der Waals surface area contributed by atoms with Gasteiger partial charge < -0.3 is 4.90 Å². The van der Waals surface area contributed by atoms with Crippen LogP contribution in [0.2, 0.25) is 0 Å². The molecule has 4 heteroatoms. The maximum atomic E-state index is 13.1. The van der Waals surface area contributed by atoms with E-state index in [-0.39, 0.29) is 11.8 Å². The molecule has 2 heterocycles. The van der Waals surface area contributed by atoms with Crippen molar-refractivity contribution in [1.82, 2.24) is 14.7 Å². The molecule has 1 amide bonds. The molecule has 1 aliphatic rings. The fourth-order valence-electron chi connectivity index (χ4n) is 3.65. The van der Waals surface area contributed by atoms with E-state index in [9.17, 15) is 4.79 Å². The largest absolute Gasteiger partial charge is 0.333 e. The number of fused-ring (bicyclic) bond motifs is 1. The Morgan fingerprint density at radius 1 is 1.12 bits per heavy atom. The smallest absolute Gasteiger partial charge is 0.254 e. The molecule has 3 aromatic rings.